The highest BCUT2D eigenvalue weighted by atomic mass is 16.1. The number of rotatable bonds is 5. The first-order chi connectivity index (χ1) is 9.16. The number of carbonyl (C=O) groups is 1. The molecule has 0 aliphatic rings. The van der Waals surface area contributed by atoms with Gasteiger partial charge in [-0.15, -0.1) is 0 Å². The van der Waals surface area contributed by atoms with Crippen molar-refractivity contribution < 1.29 is 4.79 Å². The van der Waals surface area contributed by atoms with Crippen LogP contribution in [0.4, 0.5) is 0 Å². The fraction of sp³-hybridized carbons (Fsp3) is 0.357. The summed E-state index contributed by atoms with van der Waals surface area (Å²) in [6.07, 6.45) is 7.11. The van der Waals surface area contributed by atoms with Crippen LogP contribution >= 0.6 is 0 Å². The second-order valence-electron chi connectivity index (χ2n) is 4.65. The molecule has 0 saturated carbocycles. The van der Waals surface area contributed by atoms with Crippen LogP contribution in [0.5, 0.6) is 0 Å². The third-order valence-electron chi connectivity index (χ3n) is 3.06. The summed E-state index contributed by atoms with van der Waals surface area (Å²) in [5.74, 6) is -0.0752. The summed E-state index contributed by atoms with van der Waals surface area (Å²) in [4.78, 5) is 16.0. The van der Waals surface area contributed by atoms with E-state index in [0.29, 0.717) is 13.1 Å². The zero-order chi connectivity index (χ0) is 13.7. The SMILES string of the molecule is Cc1cnccc1CNC(=O)[C@H](C)Cn1cccn1. The lowest BCUT2D eigenvalue weighted by Gasteiger charge is -2.13. The van der Waals surface area contributed by atoms with E-state index < -0.39 is 0 Å². The molecule has 5 nitrogen and oxygen atoms in total. The Morgan fingerprint density at radius 3 is 3.00 bits per heavy atom. The van der Waals surface area contributed by atoms with E-state index in [0.717, 1.165) is 11.1 Å². The number of hydrogen-bond acceptors (Lipinski definition) is 3. The number of aromatic nitrogens is 3. The normalized spacial score (nSPS) is 12.1. The molecule has 0 spiro atoms. The van der Waals surface area contributed by atoms with E-state index in [4.69, 9.17) is 0 Å². The van der Waals surface area contributed by atoms with Crippen LogP contribution in [-0.4, -0.2) is 20.7 Å². The highest BCUT2D eigenvalue weighted by molar-refractivity contribution is 5.78. The summed E-state index contributed by atoms with van der Waals surface area (Å²) in [6.45, 7) is 5.02. The fourth-order valence-electron chi connectivity index (χ4n) is 1.83. The average molecular weight is 258 g/mol. The Balaban J connectivity index is 1.86. The van der Waals surface area contributed by atoms with Crippen molar-refractivity contribution in [3.05, 3.63) is 48.0 Å². The standard InChI is InChI=1S/C14H18N4O/c1-11-8-15-6-4-13(11)9-16-14(19)12(2)10-18-7-3-5-17-18/h3-8,12H,9-10H2,1-2H3,(H,16,19)/t12-/m1/s1. The number of nitrogens with zero attached hydrogens (tertiary/aromatic N) is 3. The van der Waals surface area contributed by atoms with Crippen LogP contribution in [0.3, 0.4) is 0 Å². The summed E-state index contributed by atoms with van der Waals surface area (Å²) in [5, 5.41) is 7.04. The summed E-state index contributed by atoms with van der Waals surface area (Å²) in [5.41, 5.74) is 2.18. The van der Waals surface area contributed by atoms with Gasteiger partial charge in [-0.3, -0.25) is 14.5 Å². The van der Waals surface area contributed by atoms with E-state index in [-0.39, 0.29) is 11.8 Å². The topological polar surface area (TPSA) is 59.8 Å². The first-order valence-corrected chi connectivity index (χ1v) is 6.31. The van der Waals surface area contributed by atoms with Crippen LogP contribution in [0.25, 0.3) is 0 Å². The minimum atomic E-state index is -0.109. The molecule has 0 unspecified atom stereocenters. The molecule has 2 aromatic heterocycles. The first-order valence-electron chi connectivity index (χ1n) is 6.31. The van der Waals surface area contributed by atoms with Gasteiger partial charge in [0.05, 0.1) is 12.5 Å². The molecule has 1 amide bonds. The van der Waals surface area contributed by atoms with E-state index in [1.807, 2.05) is 32.2 Å². The monoisotopic (exact) mass is 258 g/mol. The Morgan fingerprint density at radius 1 is 1.47 bits per heavy atom. The molecule has 0 radical (unpaired) electrons. The summed E-state index contributed by atoms with van der Waals surface area (Å²) in [7, 11) is 0. The molecule has 2 heterocycles. The highest BCUT2D eigenvalue weighted by Gasteiger charge is 2.13. The molecule has 1 N–H and O–H groups in total. The van der Waals surface area contributed by atoms with Crippen molar-refractivity contribution in [3.8, 4) is 0 Å². The van der Waals surface area contributed by atoms with Gasteiger partial charge in [-0.05, 0) is 30.2 Å². The number of hydrogen-bond donors (Lipinski definition) is 1. The van der Waals surface area contributed by atoms with Crippen molar-refractivity contribution in [3.63, 3.8) is 0 Å². The van der Waals surface area contributed by atoms with Crippen LogP contribution in [0.15, 0.2) is 36.9 Å². The molecule has 5 heteroatoms. The average Bonchev–Trinajstić information content (AvgIpc) is 2.90. The van der Waals surface area contributed by atoms with Gasteiger partial charge in [-0.1, -0.05) is 6.92 Å². The maximum absolute atomic E-state index is 12.0. The Kier molecular flexibility index (Phi) is 4.28. The van der Waals surface area contributed by atoms with Gasteiger partial charge in [-0.2, -0.15) is 5.10 Å². The third-order valence-corrected chi connectivity index (χ3v) is 3.06. The molecular formula is C14H18N4O. The van der Waals surface area contributed by atoms with Gasteiger partial charge in [0.1, 0.15) is 0 Å². The van der Waals surface area contributed by atoms with E-state index in [9.17, 15) is 4.79 Å². The zero-order valence-corrected chi connectivity index (χ0v) is 11.2. The zero-order valence-electron chi connectivity index (χ0n) is 11.2. The van der Waals surface area contributed by atoms with Crippen LogP contribution < -0.4 is 5.32 Å². The maximum Gasteiger partial charge on any atom is 0.224 e. The number of carbonyl (C=O) groups excluding carboxylic acids is 1. The second kappa shape index (κ2) is 6.13. The largest absolute Gasteiger partial charge is 0.352 e. The summed E-state index contributed by atoms with van der Waals surface area (Å²) in [6, 6.07) is 3.78. The van der Waals surface area contributed by atoms with Crippen molar-refractivity contribution in [1.82, 2.24) is 20.1 Å². The summed E-state index contributed by atoms with van der Waals surface area (Å²) < 4.78 is 1.77. The Hall–Kier alpha value is -2.17. The van der Waals surface area contributed by atoms with Gasteiger partial charge in [0, 0.05) is 31.3 Å². The van der Waals surface area contributed by atoms with Gasteiger partial charge in [0.25, 0.3) is 0 Å². The summed E-state index contributed by atoms with van der Waals surface area (Å²) >= 11 is 0. The predicted octanol–water partition coefficient (Wildman–Crippen LogP) is 1.54. The molecule has 100 valence electrons. The molecule has 0 aliphatic heterocycles. The van der Waals surface area contributed by atoms with Gasteiger partial charge >= 0.3 is 0 Å². The molecule has 0 fully saturated rings. The van der Waals surface area contributed by atoms with Gasteiger partial charge < -0.3 is 5.32 Å². The molecule has 19 heavy (non-hydrogen) atoms. The molecule has 1 atom stereocenters. The lowest BCUT2D eigenvalue weighted by molar-refractivity contribution is -0.125. The fourth-order valence-corrected chi connectivity index (χ4v) is 1.83. The molecule has 0 saturated heterocycles. The molecule has 0 aliphatic carbocycles. The van der Waals surface area contributed by atoms with Crippen LogP contribution in [0, 0.1) is 12.8 Å². The van der Waals surface area contributed by atoms with Crippen molar-refractivity contribution >= 4 is 5.91 Å². The number of amides is 1. The molecule has 0 aromatic carbocycles. The number of aryl methyl sites for hydroxylation is 1. The van der Waals surface area contributed by atoms with Gasteiger partial charge in [-0.25, -0.2) is 0 Å². The third kappa shape index (κ3) is 3.64. The Morgan fingerprint density at radius 2 is 2.32 bits per heavy atom. The second-order valence-corrected chi connectivity index (χ2v) is 4.65. The minimum absolute atomic E-state index is 0.0340. The Bertz CT molecular complexity index is 536. The Labute approximate surface area is 112 Å². The van der Waals surface area contributed by atoms with Gasteiger partial charge in [0.15, 0.2) is 0 Å². The minimum Gasteiger partial charge on any atom is -0.352 e. The van der Waals surface area contributed by atoms with Crippen molar-refractivity contribution in [2.45, 2.75) is 26.9 Å². The highest BCUT2D eigenvalue weighted by Crippen LogP contribution is 2.05. The van der Waals surface area contributed by atoms with Crippen LogP contribution in [-0.2, 0) is 17.9 Å². The first kappa shape index (κ1) is 13.3. The molecule has 2 aromatic rings. The smallest absolute Gasteiger partial charge is 0.224 e. The predicted molar refractivity (Wildman–Crippen MR) is 72.2 cm³/mol. The molecule has 0 bridgehead atoms. The van der Waals surface area contributed by atoms with E-state index in [1.165, 1.54) is 0 Å². The number of pyridine rings is 1. The van der Waals surface area contributed by atoms with E-state index in [1.54, 1.807) is 23.3 Å². The van der Waals surface area contributed by atoms with E-state index >= 15 is 0 Å². The number of nitrogens with one attached hydrogen (secondary N) is 1. The van der Waals surface area contributed by atoms with Crippen LogP contribution in [0.2, 0.25) is 0 Å². The van der Waals surface area contributed by atoms with Gasteiger partial charge in [0.2, 0.25) is 5.91 Å². The maximum atomic E-state index is 12.0. The van der Waals surface area contributed by atoms with Crippen molar-refractivity contribution in [2.75, 3.05) is 0 Å². The van der Waals surface area contributed by atoms with Crippen molar-refractivity contribution in [2.24, 2.45) is 5.92 Å². The molecular weight excluding hydrogens is 240 g/mol. The van der Waals surface area contributed by atoms with Crippen LogP contribution in [0.1, 0.15) is 18.1 Å². The molecule has 2 rings (SSSR count). The van der Waals surface area contributed by atoms with Crippen molar-refractivity contribution in [1.29, 1.82) is 0 Å². The van der Waals surface area contributed by atoms with E-state index in [2.05, 4.69) is 15.4 Å². The lowest BCUT2D eigenvalue weighted by Crippen LogP contribution is -2.31. The quantitative estimate of drug-likeness (QED) is 0.885. The lowest BCUT2D eigenvalue weighted by atomic mass is 10.1.